The zero-order chi connectivity index (χ0) is 18.5. The monoisotopic (exact) mass is 358 g/mol. The van der Waals surface area contributed by atoms with Gasteiger partial charge in [0, 0.05) is 24.3 Å². The number of ether oxygens (including phenoxy) is 1. The predicted molar refractivity (Wildman–Crippen MR) is 97.4 cm³/mol. The van der Waals surface area contributed by atoms with Gasteiger partial charge in [-0.2, -0.15) is 0 Å². The molecule has 1 aliphatic carbocycles. The first kappa shape index (κ1) is 17.3. The Morgan fingerprint density at radius 1 is 1.27 bits per heavy atom. The number of benzene rings is 1. The Morgan fingerprint density at radius 2 is 1.96 bits per heavy atom. The molecular weight excluding hydrogens is 330 g/mol. The molecule has 0 radical (unpaired) electrons. The molecule has 1 saturated carbocycles. The molecule has 3 aliphatic rings. The summed E-state index contributed by atoms with van der Waals surface area (Å²) < 4.78 is 5.50. The first-order valence-electron chi connectivity index (χ1n) is 9.65. The summed E-state index contributed by atoms with van der Waals surface area (Å²) in [7, 11) is 1.87. The van der Waals surface area contributed by atoms with Gasteiger partial charge in [-0.15, -0.1) is 0 Å². The van der Waals surface area contributed by atoms with Crippen LogP contribution in [-0.2, 0) is 19.7 Å². The second-order valence-corrected chi connectivity index (χ2v) is 7.79. The number of esters is 1. The minimum Gasteiger partial charge on any atom is -0.465 e. The molecule has 0 unspecified atom stereocenters. The lowest BCUT2D eigenvalue weighted by Gasteiger charge is -2.33. The number of hydrogen-bond donors (Lipinski definition) is 1. The molecule has 0 spiro atoms. The minimum absolute atomic E-state index is 0.0452. The fraction of sp³-hybridized carbons (Fsp3) is 0.600. The molecule has 4 rings (SSSR count). The van der Waals surface area contributed by atoms with Crippen molar-refractivity contribution >= 4 is 17.6 Å². The lowest BCUT2D eigenvalue weighted by Crippen LogP contribution is -2.88. The molecular formula is C20H28N3O3+. The molecule has 3 N–H and O–H groups in total. The number of carbonyl (C=O) groups is 2. The summed E-state index contributed by atoms with van der Waals surface area (Å²) >= 11 is 0. The lowest BCUT2D eigenvalue weighted by molar-refractivity contribution is -0.464. The van der Waals surface area contributed by atoms with Gasteiger partial charge in [0.05, 0.1) is 13.2 Å². The van der Waals surface area contributed by atoms with Crippen molar-refractivity contribution in [1.82, 2.24) is 4.90 Å². The van der Waals surface area contributed by atoms with Crippen molar-refractivity contribution in [1.29, 1.82) is 0 Å². The van der Waals surface area contributed by atoms with E-state index in [1.54, 1.807) is 6.92 Å². The summed E-state index contributed by atoms with van der Waals surface area (Å²) in [6, 6.07) is 7.97. The molecule has 2 heterocycles. The Balaban J connectivity index is 1.86. The van der Waals surface area contributed by atoms with Gasteiger partial charge in [0.1, 0.15) is 0 Å². The van der Waals surface area contributed by atoms with Crippen LogP contribution in [0, 0.1) is 0 Å². The largest absolute Gasteiger partial charge is 0.465 e. The fourth-order valence-corrected chi connectivity index (χ4v) is 5.23. The standard InChI is InChI=1S/C20H27N3O3/c1-3-26-18(25)19-13-23(14-9-5-4-6-10-14)17(24)20(19,21)22(2)16-12-8-7-11-15(16)19/h7-8,11-12,14H,3-6,9-10,13,21H2,1-2H3/p+1/t19-,20-/m0/s1. The summed E-state index contributed by atoms with van der Waals surface area (Å²) in [6.45, 7) is 2.46. The molecule has 6 heteroatoms. The number of nitrogens with zero attached hydrogens (tertiary/aromatic N) is 2. The van der Waals surface area contributed by atoms with Crippen molar-refractivity contribution in [2.24, 2.45) is 0 Å². The minimum atomic E-state index is -1.18. The van der Waals surface area contributed by atoms with Crippen LogP contribution in [0.3, 0.4) is 0 Å². The van der Waals surface area contributed by atoms with Gasteiger partial charge in [-0.3, -0.25) is 9.59 Å². The maximum absolute atomic E-state index is 13.6. The third-order valence-electron chi connectivity index (χ3n) is 6.67. The smallest absolute Gasteiger partial charge is 0.327 e. The van der Waals surface area contributed by atoms with Crippen LogP contribution < -0.4 is 10.6 Å². The first-order valence-corrected chi connectivity index (χ1v) is 9.65. The van der Waals surface area contributed by atoms with E-state index in [-0.39, 0.29) is 17.9 Å². The number of anilines is 1. The average molecular weight is 358 g/mol. The zero-order valence-corrected chi connectivity index (χ0v) is 15.7. The topological polar surface area (TPSA) is 77.5 Å². The predicted octanol–water partition coefficient (Wildman–Crippen LogP) is 1.05. The Morgan fingerprint density at radius 3 is 2.65 bits per heavy atom. The molecule has 1 saturated heterocycles. The van der Waals surface area contributed by atoms with Gasteiger partial charge in [-0.1, -0.05) is 37.5 Å². The number of para-hydroxylation sites is 1. The molecule has 1 aromatic rings. The molecule has 0 aromatic heterocycles. The number of likely N-dealkylation sites (N-methyl/N-ethyl adjacent to an activating group) is 1. The molecule has 1 aromatic carbocycles. The van der Waals surface area contributed by atoms with Gasteiger partial charge in [0.2, 0.25) is 0 Å². The van der Waals surface area contributed by atoms with Crippen LogP contribution in [0.4, 0.5) is 5.69 Å². The van der Waals surface area contributed by atoms with E-state index in [1.165, 1.54) is 6.42 Å². The van der Waals surface area contributed by atoms with Crippen molar-refractivity contribution in [3.05, 3.63) is 29.8 Å². The number of amides is 1. The third kappa shape index (κ3) is 1.96. The fourth-order valence-electron chi connectivity index (χ4n) is 5.23. The second kappa shape index (κ2) is 5.98. The van der Waals surface area contributed by atoms with Crippen LogP contribution in [-0.4, -0.2) is 48.7 Å². The third-order valence-corrected chi connectivity index (χ3v) is 6.67. The molecule has 140 valence electrons. The van der Waals surface area contributed by atoms with Crippen LogP contribution in [0.2, 0.25) is 0 Å². The van der Waals surface area contributed by atoms with E-state index in [4.69, 9.17) is 4.74 Å². The number of quaternary nitrogens is 1. The van der Waals surface area contributed by atoms with Crippen LogP contribution in [0.1, 0.15) is 44.6 Å². The highest BCUT2D eigenvalue weighted by molar-refractivity contribution is 6.06. The molecule has 1 amide bonds. The highest BCUT2D eigenvalue weighted by Crippen LogP contribution is 2.54. The Hall–Kier alpha value is -2.08. The van der Waals surface area contributed by atoms with Crippen LogP contribution in [0.25, 0.3) is 0 Å². The van der Waals surface area contributed by atoms with E-state index in [0.717, 1.165) is 36.9 Å². The van der Waals surface area contributed by atoms with E-state index >= 15 is 0 Å². The highest BCUT2D eigenvalue weighted by Gasteiger charge is 2.77. The summed E-state index contributed by atoms with van der Waals surface area (Å²) in [5.41, 5.74) is 3.87. The zero-order valence-electron chi connectivity index (χ0n) is 15.7. The van der Waals surface area contributed by atoms with Crippen LogP contribution in [0.15, 0.2) is 24.3 Å². The number of hydrogen-bond acceptors (Lipinski definition) is 4. The average Bonchev–Trinajstić information content (AvgIpc) is 3.02. The summed E-state index contributed by atoms with van der Waals surface area (Å²) in [5.74, 6) is -0.380. The molecule has 2 fully saturated rings. The van der Waals surface area contributed by atoms with Crippen LogP contribution >= 0.6 is 0 Å². The molecule has 0 bridgehead atoms. The number of carbonyl (C=O) groups excluding carboxylic acids is 2. The summed E-state index contributed by atoms with van der Waals surface area (Å²) in [5, 5.41) is 0. The SMILES string of the molecule is CCOC(=O)[C@@]12CN(C3CCCCC3)C(=O)[C@]1([NH3+])N(C)c1ccccc12. The second-order valence-electron chi connectivity index (χ2n) is 7.79. The molecule has 26 heavy (non-hydrogen) atoms. The number of rotatable bonds is 3. The van der Waals surface area contributed by atoms with Crippen molar-refractivity contribution in [2.45, 2.75) is 56.1 Å². The molecule has 2 aliphatic heterocycles. The maximum Gasteiger partial charge on any atom is 0.327 e. The van der Waals surface area contributed by atoms with E-state index < -0.39 is 11.1 Å². The van der Waals surface area contributed by atoms with E-state index in [0.29, 0.717) is 13.2 Å². The number of likely N-dealkylation sites (tertiary alicyclic amines) is 1. The lowest BCUT2D eigenvalue weighted by atomic mass is 9.74. The summed E-state index contributed by atoms with van der Waals surface area (Å²) in [4.78, 5) is 30.7. The quantitative estimate of drug-likeness (QED) is 0.820. The van der Waals surface area contributed by atoms with Crippen molar-refractivity contribution in [3.63, 3.8) is 0 Å². The number of fused-ring (bicyclic) bond motifs is 3. The maximum atomic E-state index is 13.6. The van der Waals surface area contributed by atoms with Gasteiger partial charge in [0.25, 0.3) is 5.66 Å². The normalized spacial score (nSPS) is 31.1. The van der Waals surface area contributed by atoms with Gasteiger partial charge in [0.15, 0.2) is 5.41 Å². The molecule has 2 atom stereocenters. The van der Waals surface area contributed by atoms with E-state index in [9.17, 15) is 9.59 Å². The summed E-state index contributed by atoms with van der Waals surface area (Å²) in [6.07, 6.45) is 5.51. The van der Waals surface area contributed by atoms with Gasteiger partial charge >= 0.3 is 11.9 Å². The Kier molecular flexibility index (Phi) is 3.99. The van der Waals surface area contributed by atoms with E-state index in [1.807, 2.05) is 41.1 Å². The Labute approximate surface area is 154 Å². The van der Waals surface area contributed by atoms with Crippen molar-refractivity contribution in [2.75, 3.05) is 25.1 Å². The van der Waals surface area contributed by atoms with Crippen molar-refractivity contribution in [3.8, 4) is 0 Å². The van der Waals surface area contributed by atoms with Gasteiger partial charge < -0.3 is 20.3 Å². The van der Waals surface area contributed by atoms with Gasteiger partial charge in [-0.05, 0) is 25.8 Å². The van der Waals surface area contributed by atoms with Crippen LogP contribution in [0.5, 0.6) is 0 Å². The molecule has 6 nitrogen and oxygen atoms in total. The highest BCUT2D eigenvalue weighted by atomic mass is 16.5. The Bertz CT molecular complexity index is 746. The van der Waals surface area contributed by atoms with Crippen molar-refractivity contribution < 1.29 is 20.1 Å². The first-order chi connectivity index (χ1) is 12.5. The van der Waals surface area contributed by atoms with Gasteiger partial charge in [-0.25, -0.2) is 0 Å². The van der Waals surface area contributed by atoms with E-state index in [2.05, 4.69) is 5.73 Å².